The Morgan fingerprint density at radius 1 is 0.714 bits per heavy atom. The molecule has 2 aromatic rings. The van der Waals surface area contributed by atoms with Gasteiger partial charge in [0.15, 0.2) is 0 Å². The van der Waals surface area contributed by atoms with E-state index in [1.54, 1.807) is 0 Å². The summed E-state index contributed by atoms with van der Waals surface area (Å²) in [4.78, 5) is 0. The van der Waals surface area contributed by atoms with Crippen LogP contribution in [0.2, 0.25) is 0 Å². The first-order valence-electron chi connectivity index (χ1n) is 7.88. The lowest BCUT2D eigenvalue weighted by molar-refractivity contribution is 0.590. The van der Waals surface area contributed by atoms with Gasteiger partial charge in [-0.3, -0.25) is 0 Å². The van der Waals surface area contributed by atoms with Crippen molar-refractivity contribution in [1.29, 1.82) is 0 Å². The van der Waals surface area contributed by atoms with Crippen LogP contribution in [0.1, 0.15) is 58.9 Å². The number of fused-ring (bicyclic) bond motifs is 1. The Kier molecular flexibility index (Phi) is 10.6. The SMILES string of the molecule is CCCCCCCCCc1cccc2ccccc12.O.O.[HH]. The second-order valence-electron chi connectivity index (χ2n) is 5.51. The molecule has 21 heavy (non-hydrogen) atoms. The highest BCUT2D eigenvalue weighted by Crippen LogP contribution is 2.20. The summed E-state index contributed by atoms with van der Waals surface area (Å²) in [6.07, 6.45) is 10.9. The van der Waals surface area contributed by atoms with Gasteiger partial charge in [0.05, 0.1) is 0 Å². The Morgan fingerprint density at radius 2 is 1.33 bits per heavy atom. The normalized spacial score (nSPS) is 9.95. The zero-order valence-corrected chi connectivity index (χ0v) is 13.2. The minimum absolute atomic E-state index is 0. The highest BCUT2D eigenvalue weighted by Gasteiger charge is 1.99. The maximum absolute atomic E-state index is 2.29. The van der Waals surface area contributed by atoms with Crippen molar-refractivity contribution in [3.63, 3.8) is 0 Å². The van der Waals surface area contributed by atoms with Gasteiger partial charge in [-0.15, -0.1) is 0 Å². The van der Waals surface area contributed by atoms with Crippen molar-refractivity contribution in [3.05, 3.63) is 48.0 Å². The molecule has 0 aromatic heterocycles. The van der Waals surface area contributed by atoms with Gasteiger partial charge < -0.3 is 11.0 Å². The minimum atomic E-state index is 0. The third-order valence-corrected chi connectivity index (χ3v) is 3.93. The van der Waals surface area contributed by atoms with E-state index in [1.807, 2.05) is 0 Å². The predicted molar refractivity (Wildman–Crippen MR) is 95.0 cm³/mol. The van der Waals surface area contributed by atoms with Gasteiger partial charge in [0.25, 0.3) is 0 Å². The molecule has 0 saturated heterocycles. The fourth-order valence-corrected chi connectivity index (χ4v) is 2.78. The summed E-state index contributed by atoms with van der Waals surface area (Å²) in [5.41, 5.74) is 1.52. The van der Waals surface area contributed by atoms with Crippen LogP contribution in [-0.4, -0.2) is 11.0 Å². The number of aryl methyl sites for hydroxylation is 1. The van der Waals surface area contributed by atoms with E-state index >= 15 is 0 Å². The molecule has 2 aromatic carbocycles. The average Bonchev–Trinajstić information content (AvgIpc) is 2.46. The van der Waals surface area contributed by atoms with Crippen molar-refractivity contribution in [2.24, 2.45) is 0 Å². The van der Waals surface area contributed by atoms with Gasteiger partial charge in [0.1, 0.15) is 0 Å². The highest BCUT2D eigenvalue weighted by molar-refractivity contribution is 5.85. The number of rotatable bonds is 8. The van der Waals surface area contributed by atoms with Gasteiger partial charge in [0, 0.05) is 1.43 Å². The van der Waals surface area contributed by atoms with Gasteiger partial charge in [-0.2, -0.15) is 0 Å². The molecule has 0 aliphatic rings. The predicted octanol–water partition coefficient (Wildman–Crippen LogP) is 4.73. The van der Waals surface area contributed by atoms with Crippen LogP contribution in [-0.2, 0) is 6.42 Å². The molecule has 0 aliphatic carbocycles. The molecule has 0 fully saturated rings. The Labute approximate surface area is 130 Å². The van der Waals surface area contributed by atoms with Crippen LogP contribution in [0, 0.1) is 0 Å². The maximum atomic E-state index is 2.29. The summed E-state index contributed by atoms with van der Waals surface area (Å²) in [5, 5.41) is 2.82. The Morgan fingerprint density at radius 3 is 2.10 bits per heavy atom. The first kappa shape index (κ1) is 19.6. The Balaban J connectivity index is 0. The van der Waals surface area contributed by atoms with E-state index in [9.17, 15) is 0 Å². The number of benzene rings is 2. The molecule has 0 spiro atoms. The van der Waals surface area contributed by atoms with E-state index in [0.717, 1.165) is 0 Å². The van der Waals surface area contributed by atoms with Gasteiger partial charge in [-0.25, -0.2) is 0 Å². The van der Waals surface area contributed by atoms with E-state index in [0.29, 0.717) is 0 Å². The van der Waals surface area contributed by atoms with Crippen LogP contribution < -0.4 is 0 Å². The number of unbranched alkanes of at least 4 members (excludes halogenated alkanes) is 6. The van der Waals surface area contributed by atoms with E-state index in [1.165, 1.54) is 67.7 Å². The van der Waals surface area contributed by atoms with Crippen molar-refractivity contribution in [2.75, 3.05) is 0 Å². The smallest absolute Gasteiger partial charge is 0 e. The molecule has 0 atom stereocenters. The lowest BCUT2D eigenvalue weighted by Gasteiger charge is -2.06. The van der Waals surface area contributed by atoms with Crippen LogP contribution in [0.5, 0.6) is 0 Å². The molecule has 0 unspecified atom stereocenters. The molecule has 0 aliphatic heterocycles. The third-order valence-electron chi connectivity index (χ3n) is 3.93. The average molecular weight is 292 g/mol. The monoisotopic (exact) mass is 292 g/mol. The summed E-state index contributed by atoms with van der Waals surface area (Å²) >= 11 is 0. The van der Waals surface area contributed by atoms with Crippen LogP contribution in [0.15, 0.2) is 42.5 Å². The van der Waals surface area contributed by atoms with Crippen molar-refractivity contribution in [2.45, 2.75) is 58.3 Å². The van der Waals surface area contributed by atoms with Crippen molar-refractivity contribution in [3.8, 4) is 0 Å². The quantitative estimate of drug-likeness (QED) is 0.631. The van der Waals surface area contributed by atoms with Crippen LogP contribution >= 0.6 is 0 Å². The van der Waals surface area contributed by atoms with Crippen molar-refractivity contribution < 1.29 is 12.4 Å². The van der Waals surface area contributed by atoms with Crippen molar-refractivity contribution >= 4 is 10.8 Å². The standard InChI is InChI=1S/C19H26.2H2O.H2/c1-2-3-4-5-6-7-8-12-17-14-11-15-18-13-9-10-16-19(17)18;;;/h9-11,13-16H,2-8,12H2,1H3;2*1H2;1H. The minimum Gasteiger partial charge on any atom is -0.412 e. The molecule has 4 N–H and O–H groups in total. The van der Waals surface area contributed by atoms with E-state index in [4.69, 9.17) is 0 Å². The molecule has 2 rings (SSSR count). The largest absolute Gasteiger partial charge is 0.412 e. The Hall–Kier alpha value is -1.38. The summed E-state index contributed by atoms with van der Waals surface area (Å²) in [6.45, 7) is 2.28. The second-order valence-corrected chi connectivity index (χ2v) is 5.51. The molecule has 0 saturated carbocycles. The number of hydrogen-bond donors (Lipinski definition) is 0. The van der Waals surface area contributed by atoms with Crippen molar-refractivity contribution in [1.82, 2.24) is 0 Å². The van der Waals surface area contributed by atoms with Gasteiger partial charge in [-0.1, -0.05) is 87.9 Å². The fourth-order valence-electron chi connectivity index (χ4n) is 2.78. The van der Waals surface area contributed by atoms with E-state index in [-0.39, 0.29) is 12.4 Å². The third kappa shape index (κ3) is 6.28. The molecule has 2 nitrogen and oxygen atoms in total. The lowest BCUT2D eigenvalue weighted by Crippen LogP contribution is -1.88. The fraction of sp³-hybridized carbons (Fsp3) is 0.474. The van der Waals surface area contributed by atoms with E-state index in [2.05, 4.69) is 49.4 Å². The molecule has 0 bridgehead atoms. The molecular formula is C19H32O2. The van der Waals surface area contributed by atoms with Crippen LogP contribution in [0.25, 0.3) is 10.8 Å². The Bertz CT molecular complexity index is 494. The van der Waals surface area contributed by atoms with Crippen LogP contribution in [0.4, 0.5) is 0 Å². The second kappa shape index (κ2) is 11.3. The molecule has 0 radical (unpaired) electrons. The first-order valence-corrected chi connectivity index (χ1v) is 7.88. The van der Waals surface area contributed by atoms with Gasteiger partial charge >= 0.3 is 0 Å². The highest BCUT2D eigenvalue weighted by atomic mass is 16.0. The molecule has 0 heterocycles. The molecule has 120 valence electrons. The zero-order valence-electron chi connectivity index (χ0n) is 13.2. The van der Waals surface area contributed by atoms with Crippen LogP contribution in [0.3, 0.4) is 0 Å². The molecular weight excluding hydrogens is 260 g/mol. The summed E-state index contributed by atoms with van der Waals surface area (Å²) in [5.74, 6) is 0. The lowest BCUT2D eigenvalue weighted by atomic mass is 9.99. The topological polar surface area (TPSA) is 63.0 Å². The summed E-state index contributed by atoms with van der Waals surface area (Å²) < 4.78 is 0. The van der Waals surface area contributed by atoms with Gasteiger partial charge in [0.2, 0.25) is 0 Å². The number of hydrogen-bond acceptors (Lipinski definition) is 0. The first-order chi connectivity index (χ1) is 9.42. The zero-order chi connectivity index (χ0) is 13.3. The summed E-state index contributed by atoms with van der Waals surface area (Å²) in [7, 11) is 0. The summed E-state index contributed by atoms with van der Waals surface area (Å²) in [6, 6.07) is 15.4. The molecule has 2 heteroatoms. The van der Waals surface area contributed by atoms with E-state index < -0.39 is 0 Å². The molecule has 0 amide bonds. The maximum Gasteiger partial charge on any atom is 0 e. The van der Waals surface area contributed by atoms with Gasteiger partial charge in [-0.05, 0) is 29.2 Å².